The lowest BCUT2D eigenvalue weighted by atomic mass is 10.7. The Bertz CT molecular complexity index is 712. The van der Waals surface area contributed by atoms with E-state index in [2.05, 4.69) is 51.2 Å². The number of nitrogens with zero attached hydrogens (tertiary/aromatic N) is 7. The summed E-state index contributed by atoms with van der Waals surface area (Å²) >= 11 is 3.09. The van der Waals surface area contributed by atoms with Gasteiger partial charge in [0.05, 0.1) is 0 Å². The monoisotopic (exact) mass is 372 g/mol. The van der Waals surface area contributed by atoms with Crippen molar-refractivity contribution >= 4 is 15.9 Å². The smallest absolute Gasteiger partial charge is 0.250 e. The number of aromatic nitrogens is 8. The number of hydrogen-bond acceptors (Lipinski definition) is 6. The minimum Gasteiger partial charge on any atom is -0.286 e. The van der Waals surface area contributed by atoms with Crippen LogP contribution in [-0.4, -0.2) is 39.9 Å². The molecule has 0 aliphatic rings. The number of halogens is 1. The zero-order chi connectivity index (χ0) is 16.2. The molecule has 23 heavy (non-hydrogen) atoms. The predicted molar refractivity (Wildman–Crippen MR) is 87.5 cm³/mol. The van der Waals surface area contributed by atoms with E-state index in [1.54, 1.807) is 66.4 Å². The number of hydrogen-bond donors (Lipinski definition) is 1. The van der Waals surface area contributed by atoms with Crippen molar-refractivity contribution in [1.29, 1.82) is 0 Å². The standard InChI is InChI=1S/C7H6N4.C4H3BrN2.C3H4N2/c1-3-8-7(9-4-1)11-6-2-5-10-11;5-4-6-2-1-3-7-4;1-2-4-5-3-1/h1-6H;1-3H;1-3H,(H,4,5). The zero-order valence-corrected chi connectivity index (χ0v) is 13.5. The summed E-state index contributed by atoms with van der Waals surface area (Å²) in [6, 6.07) is 7.20. The van der Waals surface area contributed by atoms with Crippen LogP contribution in [0.25, 0.3) is 5.95 Å². The molecule has 0 unspecified atom stereocenters. The van der Waals surface area contributed by atoms with Gasteiger partial charge >= 0.3 is 0 Å². The summed E-state index contributed by atoms with van der Waals surface area (Å²) in [5.41, 5.74) is 0. The molecule has 0 fully saturated rings. The van der Waals surface area contributed by atoms with Crippen molar-refractivity contribution in [2.75, 3.05) is 0 Å². The van der Waals surface area contributed by atoms with Crippen molar-refractivity contribution in [3.05, 3.63) is 78.6 Å². The second-order valence-electron chi connectivity index (χ2n) is 3.78. The molecule has 0 saturated carbocycles. The number of aromatic amines is 1. The van der Waals surface area contributed by atoms with Crippen LogP contribution in [0.1, 0.15) is 0 Å². The van der Waals surface area contributed by atoms with Crippen LogP contribution >= 0.6 is 15.9 Å². The van der Waals surface area contributed by atoms with Crippen molar-refractivity contribution in [2.24, 2.45) is 0 Å². The fourth-order valence-electron chi connectivity index (χ4n) is 1.29. The summed E-state index contributed by atoms with van der Waals surface area (Å²) in [5, 5.41) is 10.2. The van der Waals surface area contributed by atoms with E-state index in [1.165, 1.54) is 0 Å². The van der Waals surface area contributed by atoms with Gasteiger partial charge in [0.1, 0.15) is 0 Å². The van der Waals surface area contributed by atoms with Crippen molar-refractivity contribution in [1.82, 2.24) is 39.9 Å². The summed E-state index contributed by atoms with van der Waals surface area (Å²) in [7, 11) is 0. The Morgan fingerprint density at radius 2 is 1.48 bits per heavy atom. The molecule has 0 amide bonds. The van der Waals surface area contributed by atoms with Gasteiger partial charge in [0.25, 0.3) is 0 Å². The Kier molecular flexibility index (Phi) is 7.07. The molecule has 9 heteroatoms. The first-order valence-electron chi connectivity index (χ1n) is 6.49. The van der Waals surface area contributed by atoms with Gasteiger partial charge in [0.15, 0.2) is 4.73 Å². The fourth-order valence-corrected chi connectivity index (χ4v) is 1.53. The molecule has 0 radical (unpaired) electrons. The third-order valence-electron chi connectivity index (χ3n) is 2.20. The van der Waals surface area contributed by atoms with E-state index >= 15 is 0 Å². The Morgan fingerprint density at radius 1 is 0.783 bits per heavy atom. The van der Waals surface area contributed by atoms with Crippen molar-refractivity contribution in [3.63, 3.8) is 0 Å². The highest BCUT2D eigenvalue weighted by molar-refractivity contribution is 9.10. The second kappa shape index (κ2) is 9.90. The van der Waals surface area contributed by atoms with E-state index in [4.69, 9.17) is 0 Å². The largest absolute Gasteiger partial charge is 0.286 e. The number of H-pyrrole nitrogens is 1. The van der Waals surface area contributed by atoms with Crippen molar-refractivity contribution in [3.8, 4) is 5.95 Å². The molecule has 4 aromatic heterocycles. The highest BCUT2D eigenvalue weighted by Gasteiger charge is 1.94. The average molecular weight is 373 g/mol. The average Bonchev–Trinajstić information content (AvgIpc) is 3.33. The molecule has 4 heterocycles. The van der Waals surface area contributed by atoms with Gasteiger partial charge in [-0.25, -0.2) is 24.6 Å². The minimum atomic E-state index is 0.595. The van der Waals surface area contributed by atoms with Gasteiger partial charge in [-0.3, -0.25) is 5.10 Å². The van der Waals surface area contributed by atoms with E-state index < -0.39 is 0 Å². The lowest BCUT2D eigenvalue weighted by Gasteiger charge is -1.94. The Balaban J connectivity index is 0.000000137. The molecule has 1 N–H and O–H groups in total. The lowest BCUT2D eigenvalue weighted by molar-refractivity contribution is 0.808. The molecule has 4 rings (SSSR count). The van der Waals surface area contributed by atoms with E-state index in [0.717, 1.165) is 0 Å². The highest BCUT2D eigenvalue weighted by atomic mass is 79.9. The van der Waals surface area contributed by atoms with Gasteiger partial charge in [-0.15, -0.1) is 0 Å². The van der Waals surface area contributed by atoms with Crippen molar-refractivity contribution < 1.29 is 0 Å². The van der Waals surface area contributed by atoms with E-state index in [1.807, 2.05) is 12.1 Å². The first kappa shape index (κ1) is 16.4. The molecule has 0 aromatic carbocycles. The summed E-state index contributed by atoms with van der Waals surface area (Å²) < 4.78 is 2.25. The third kappa shape index (κ3) is 6.57. The van der Waals surface area contributed by atoms with Crippen LogP contribution in [-0.2, 0) is 0 Å². The maximum absolute atomic E-state index is 4.01. The number of nitrogens with one attached hydrogen (secondary N) is 1. The Morgan fingerprint density at radius 3 is 1.87 bits per heavy atom. The molecule has 0 aliphatic heterocycles. The first-order valence-corrected chi connectivity index (χ1v) is 7.29. The van der Waals surface area contributed by atoms with Gasteiger partial charge in [0, 0.05) is 49.6 Å². The Hall–Kier alpha value is -2.94. The molecule has 0 bridgehead atoms. The van der Waals surface area contributed by atoms with Crippen LogP contribution in [0.3, 0.4) is 0 Å². The number of rotatable bonds is 1. The fraction of sp³-hybridized carbons (Fsp3) is 0. The molecule has 0 atom stereocenters. The maximum Gasteiger partial charge on any atom is 0.250 e. The van der Waals surface area contributed by atoms with Crippen LogP contribution in [0.5, 0.6) is 0 Å². The normalized spacial score (nSPS) is 9.09. The van der Waals surface area contributed by atoms with Gasteiger partial charge < -0.3 is 0 Å². The molecular weight excluding hydrogens is 360 g/mol. The van der Waals surface area contributed by atoms with Gasteiger partial charge in [-0.1, -0.05) is 0 Å². The summed E-state index contributed by atoms with van der Waals surface area (Å²) in [4.78, 5) is 15.6. The predicted octanol–water partition coefficient (Wildman–Crippen LogP) is 2.31. The second-order valence-corrected chi connectivity index (χ2v) is 4.49. The first-order chi connectivity index (χ1) is 11.4. The van der Waals surface area contributed by atoms with Crippen LogP contribution in [0.2, 0.25) is 0 Å². The van der Waals surface area contributed by atoms with E-state index in [-0.39, 0.29) is 0 Å². The highest BCUT2D eigenvalue weighted by Crippen LogP contribution is 1.95. The molecule has 0 spiro atoms. The third-order valence-corrected chi connectivity index (χ3v) is 2.61. The van der Waals surface area contributed by atoms with Crippen LogP contribution in [0, 0.1) is 0 Å². The molecule has 116 valence electrons. The summed E-state index contributed by atoms with van der Waals surface area (Å²) in [5.74, 6) is 0.595. The van der Waals surface area contributed by atoms with Gasteiger partial charge in [-0.05, 0) is 40.2 Å². The molecule has 0 saturated heterocycles. The van der Waals surface area contributed by atoms with Gasteiger partial charge in [0.2, 0.25) is 5.95 Å². The molecule has 0 aliphatic carbocycles. The van der Waals surface area contributed by atoms with E-state index in [0.29, 0.717) is 10.7 Å². The topological polar surface area (TPSA) is 98.1 Å². The van der Waals surface area contributed by atoms with Crippen molar-refractivity contribution in [2.45, 2.75) is 0 Å². The van der Waals surface area contributed by atoms with E-state index in [9.17, 15) is 0 Å². The van der Waals surface area contributed by atoms with Gasteiger partial charge in [-0.2, -0.15) is 10.2 Å². The zero-order valence-electron chi connectivity index (χ0n) is 11.9. The SMILES string of the molecule is Brc1ncccn1.c1cn[nH]c1.c1cnc(-n2cccn2)nc1. The van der Waals surface area contributed by atoms with Crippen LogP contribution in [0.15, 0.2) is 78.6 Å². The Labute approximate surface area is 140 Å². The molecule has 8 nitrogen and oxygen atoms in total. The van der Waals surface area contributed by atoms with Crippen LogP contribution in [0.4, 0.5) is 0 Å². The maximum atomic E-state index is 4.01. The molecule has 4 aromatic rings. The summed E-state index contributed by atoms with van der Waals surface area (Å²) in [6.07, 6.45) is 13.7. The molecular formula is C14H13BrN8. The van der Waals surface area contributed by atoms with Crippen LogP contribution < -0.4 is 0 Å². The lowest BCUT2D eigenvalue weighted by Crippen LogP contribution is -1.99. The quantitative estimate of drug-likeness (QED) is 0.514. The summed E-state index contributed by atoms with van der Waals surface area (Å²) in [6.45, 7) is 0. The minimum absolute atomic E-state index is 0.595.